The van der Waals surface area contributed by atoms with Gasteiger partial charge in [-0.15, -0.1) is 0 Å². The molecule has 3 atom stereocenters. The first kappa shape index (κ1) is 19.7. The number of thioether (sulfide) groups is 1. The zero-order valence-corrected chi connectivity index (χ0v) is 16.9. The Balaban J connectivity index is 1.19. The van der Waals surface area contributed by atoms with Crippen molar-refractivity contribution in [1.82, 2.24) is 20.9 Å². The van der Waals surface area contributed by atoms with Crippen molar-refractivity contribution < 1.29 is 9.59 Å². The molecule has 0 saturated carbocycles. The molecule has 2 aliphatic rings. The summed E-state index contributed by atoms with van der Waals surface area (Å²) < 4.78 is 0. The van der Waals surface area contributed by atoms with Crippen LogP contribution in [0.25, 0.3) is 0 Å². The van der Waals surface area contributed by atoms with E-state index in [-0.39, 0.29) is 24.0 Å². The van der Waals surface area contributed by atoms with Gasteiger partial charge in [-0.3, -0.25) is 4.79 Å². The normalized spacial score (nSPS) is 24.0. The smallest absolute Gasteiger partial charge is 0.315 e. The van der Waals surface area contributed by atoms with Gasteiger partial charge in [0.25, 0.3) is 0 Å². The summed E-state index contributed by atoms with van der Waals surface area (Å²) in [7, 11) is 3.33. The van der Waals surface area contributed by atoms with Gasteiger partial charge in [0.2, 0.25) is 5.91 Å². The molecule has 0 aromatic carbocycles. The molecule has 3 amide bonds. The van der Waals surface area contributed by atoms with E-state index >= 15 is 0 Å². The number of hydrogen-bond donors (Lipinski definition) is 3. The van der Waals surface area contributed by atoms with Gasteiger partial charge in [0.1, 0.15) is 5.03 Å². The number of urea groups is 1. The maximum Gasteiger partial charge on any atom is 0.315 e. The van der Waals surface area contributed by atoms with Crippen molar-refractivity contribution in [3.8, 4) is 0 Å². The Bertz CT molecular complexity index is 605. The zero-order chi connectivity index (χ0) is 18.2. The quantitative estimate of drug-likeness (QED) is 0.311. The summed E-state index contributed by atoms with van der Waals surface area (Å²) in [5, 5.41) is 10.4. The molecule has 2 fully saturated rings. The van der Waals surface area contributed by atoms with Gasteiger partial charge in [-0.1, -0.05) is 23.3 Å². The Labute approximate surface area is 166 Å². The Kier molecular flexibility index (Phi) is 7.82. The van der Waals surface area contributed by atoms with E-state index in [1.807, 2.05) is 30.0 Å². The molecule has 1 aromatic heterocycles. The molecule has 3 N–H and O–H groups in total. The summed E-state index contributed by atoms with van der Waals surface area (Å²) in [6.07, 6.45) is 5.34. The molecule has 0 bridgehead atoms. The number of amides is 3. The van der Waals surface area contributed by atoms with Crippen LogP contribution in [0.2, 0.25) is 0 Å². The van der Waals surface area contributed by atoms with Crippen molar-refractivity contribution >= 4 is 45.3 Å². The van der Waals surface area contributed by atoms with Crippen LogP contribution in [0.3, 0.4) is 0 Å². The first-order valence-electron chi connectivity index (χ1n) is 8.88. The van der Waals surface area contributed by atoms with Gasteiger partial charge in [0.15, 0.2) is 0 Å². The van der Waals surface area contributed by atoms with E-state index in [1.54, 1.807) is 27.8 Å². The largest absolute Gasteiger partial charge is 0.355 e. The first-order chi connectivity index (χ1) is 12.7. The highest BCUT2D eigenvalue weighted by atomic mass is 33.1. The van der Waals surface area contributed by atoms with Crippen LogP contribution >= 0.6 is 33.3 Å². The monoisotopic (exact) mass is 412 g/mol. The summed E-state index contributed by atoms with van der Waals surface area (Å²) in [6.45, 7) is 0.684. The minimum atomic E-state index is -0.0382. The third kappa shape index (κ3) is 5.99. The Morgan fingerprint density at radius 1 is 1.35 bits per heavy atom. The van der Waals surface area contributed by atoms with Crippen molar-refractivity contribution in [2.24, 2.45) is 0 Å². The molecule has 3 rings (SSSR count). The van der Waals surface area contributed by atoms with Crippen LogP contribution < -0.4 is 16.0 Å². The van der Waals surface area contributed by atoms with E-state index in [9.17, 15) is 9.59 Å². The Hall–Kier alpha value is -1.06. The number of carbonyl (C=O) groups is 2. The van der Waals surface area contributed by atoms with Crippen LogP contribution in [0.4, 0.5) is 4.79 Å². The highest BCUT2D eigenvalue weighted by molar-refractivity contribution is 8.76. The van der Waals surface area contributed by atoms with E-state index in [2.05, 4.69) is 20.9 Å². The lowest BCUT2D eigenvalue weighted by molar-refractivity contribution is -0.121. The average molecular weight is 413 g/mol. The highest BCUT2D eigenvalue weighted by Gasteiger charge is 2.42. The third-order valence-electron chi connectivity index (χ3n) is 4.37. The number of carbonyl (C=O) groups excluding carboxylic acids is 2. The average Bonchev–Trinajstić information content (AvgIpc) is 3.19. The fraction of sp³-hybridized carbons (Fsp3) is 0.588. The second-order valence-electron chi connectivity index (χ2n) is 6.29. The molecule has 2 saturated heterocycles. The second kappa shape index (κ2) is 10.3. The lowest BCUT2D eigenvalue weighted by atomic mass is 10.0. The maximum atomic E-state index is 11.9. The van der Waals surface area contributed by atoms with Gasteiger partial charge in [-0.2, -0.15) is 11.8 Å². The van der Waals surface area contributed by atoms with Crippen molar-refractivity contribution in [2.45, 2.75) is 48.0 Å². The molecular formula is C17H24N4O2S3. The van der Waals surface area contributed by atoms with Gasteiger partial charge in [0, 0.05) is 35.9 Å². The highest BCUT2D eigenvalue weighted by Crippen LogP contribution is 2.33. The van der Waals surface area contributed by atoms with Gasteiger partial charge < -0.3 is 16.0 Å². The number of pyridine rings is 1. The number of hydrogen-bond acceptors (Lipinski definition) is 6. The maximum absolute atomic E-state index is 11.9. The molecule has 3 heterocycles. The molecular weight excluding hydrogens is 388 g/mol. The Morgan fingerprint density at radius 2 is 2.27 bits per heavy atom. The number of nitrogens with zero attached hydrogens (tertiary/aromatic N) is 1. The van der Waals surface area contributed by atoms with Gasteiger partial charge in [-0.05, 0) is 35.8 Å². The van der Waals surface area contributed by atoms with Crippen LogP contribution in [0, 0.1) is 0 Å². The minimum absolute atomic E-state index is 0.0382. The second-order valence-corrected chi connectivity index (χ2v) is 10.00. The van der Waals surface area contributed by atoms with E-state index < -0.39 is 0 Å². The molecule has 142 valence electrons. The van der Waals surface area contributed by atoms with Gasteiger partial charge in [-0.25, -0.2) is 9.78 Å². The van der Waals surface area contributed by atoms with Crippen LogP contribution in [-0.2, 0) is 4.79 Å². The standard InChI is InChI=1S/C17H24N4O2S3/c22-14(18-9-10-25-26-15-7-3-4-8-19-15)6-2-1-5-13-16-12(11-24-13)20-17(23)21-16/h3-4,7-8,12-13,16H,1-2,5-6,9-11H2,(H,18,22)(H2,20,21,23)/t12?,13-,16?/m0/s1. The topological polar surface area (TPSA) is 83.1 Å². The van der Waals surface area contributed by atoms with Gasteiger partial charge in [0.05, 0.1) is 12.1 Å². The summed E-state index contributed by atoms with van der Waals surface area (Å²) >= 11 is 1.92. The van der Waals surface area contributed by atoms with E-state index in [0.717, 1.165) is 35.8 Å². The summed E-state index contributed by atoms with van der Waals surface area (Å²) in [6, 6.07) is 6.35. The van der Waals surface area contributed by atoms with Crippen molar-refractivity contribution in [3.63, 3.8) is 0 Å². The molecule has 1 aromatic rings. The Morgan fingerprint density at radius 3 is 3.12 bits per heavy atom. The molecule has 2 unspecified atom stereocenters. The minimum Gasteiger partial charge on any atom is -0.355 e. The summed E-state index contributed by atoms with van der Waals surface area (Å²) in [4.78, 5) is 27.5. The lowest BCUT2D eigenvalue weighted by Gasteiger charge is -2.16. The number of rotatable bonds is 10. The number of aromatic nitrogens is 1. The van der Waals surface area contributed by atoms with Crippen molar-refractivity contribution in [2.75, 3.05) is 18.1 Å². The molecule has 0 spiro atoms. The van der Waals surface area contributed by atoms with Crippen LogP contribution in [0.15, 0.2) is 29.4 Å². The third-order valence-corrected chi connectivity index (χ3v) is 8.15. The van der Waals surface area contributed by atoms with Crippen molar-refractivity contribution in [3.05, 3.63) is 24.4 Å². The van der Waals surface area contributed by atoms with Crippen LogP contribution in [-0.4, -0.2) is 52.3 Å². The lowest BCUT2D eigenvalue weighted by Crippen LogP contribution is -2.36. The van der Waals surface area contributed by atoms with Gasteiger partial charge >= 0.3 is 6.03 Å². The zero-order valence-electron chi connectivity index (χ0n) is 14.5. The summed E-state index contributed by atoms with van der Waals surface area (Å²) in [5.41, 5.74) is 0. The number of fused-ring (bicyclic) bond motifs is 1. The molecule has 6 nitrogen and oxygen atoms in total. The fourth-order valence-electron chi connectivity index (χ4n) is 3.09. The predicted octanol–water partition coefficient (Wildman–Crippen LogP) is 2.66. The predicted molar refractivity (Wildman–Crippen MR) is 110 cm³/mol. The SMILES string of the molecule is O=C(CCCC[C@@H]1SCC2NC(=O)NC21)NCCSSc1ccccn1. The van der Waals surface area contributed by atoms with Crippen LogP contribution in [0.1, 0.15) is 25.7 Å². The molecule has 0 aliphatic carbocycles. The van der Waals surface area contributed by atoms with E-state index in [1.165, 1.54) is 0 Å². The molecule has 0 radical (unpaired) electrons. The van der Waals surface area contributed by atoms with Crippen molar-refractivity contribution in [1.29, 1.82) is 0 Å². The van der Waals surface area contributed by atoms with E-state index in [0.29, 0.717) is 18.2 Å². The summed E-state index contributed by atoms with van der Waals surface area (Å²) in [5.74, 6) is 1.98. The molecule has 9 heteroatoms. The van der Waals surface area contributed by atoms with E-state index in [4.69, 9.17) is 0 Å². The number of unbranched alkanes of at least 4 members (excludes halogenated alkanes) is 1. The number of nitrogens with one attached hydrogen (secondary N) is 3. The fourth-order valence-corrected chi connectivity index (χ4v) is 6.42. The van der Waals surface area contributed by atoms with Crippen LogP contribution in [0.5, 0.6) is 0 Å². The first-order valence-corrected chi connectivity index (χ1v) is 12.2. The molecule has 26 heavy (non-hydrogen) atoms. The molecule has 2 aliphatic heterocycles.